The van der Waals surface area contributed by atoms with Crippen molar-refractivity contribution >= 4 is 17.2 Å². The first-order chi connectivity index (χ1) is 13.1. The molecule has 0 heterocycles. The molecular formula is C25H25NO. The Morgan fingerprint density at radius 3 is 2.26 bits per heavy atom. The Bertz CT molecular complexity index is 1010. The summed E-state index contributed by atoms with van der Waals surface area (Å²) in [5.41, 5.74) is 9.83. The zero-order valence-electron chi connectivity index (χ0n) is 16.2. The van der Waals surface area contributed by atoms with Crippen molar-refractivity contribution < 1.29 is 4.79 Å². The van der Waals surface area contributed by atoms with E-state index in [2.05, 4.69) is 50.4 Å². The van der Waals surface area contributed by atoms with Gasteiger partial charge in [0.1, 0.15) is 0 Å². The molecular weight excluding hydrogens is 330 g/mol. The molecule has 27 heavy (non-hydrogen) atoms. The third-order valence-corrected chi connectivity index (χ3v) is 5.49. The molecule has 2 nitrogen and oxygen atoms in total. The minimum atomic E-state index is 0.123. The number of nitrogens with one attached hydrogen (secondary N) is 1. The topological polar surface area (TPSA) is 29.1 Å². The molecule has 136 valence electrons. The van der Waals surface area contributed by atoms with Gasteiger partial charge in [-0.1, -0.05) is 67.9 Å². The zero-order valence-corrected chi connectivity index (χ0v) is 16.2. The summed E-state index contributed by atoms with van der Waals surface area (Å²) in [4.78, 5) is 13.2. The van der Waals surface area contributed by atoms with Crippen molar-refractivity contribution in [2.45, 2.75) is 40.0 Å². The van der Waals surface area contributed by atoms with Crippen LogP contribution < -0.4 is 5.32 Å². The Labute approximate surface area is 161 Å². The lowest BCUT2D eigenvalue weighted by atomic mass is 9.84. The molecule has 0 spiro atoms. The number of benzene rings is 3. The number of rotatable bonds is 4. The van der Waals surface area contributed by atoms with Gasteiger partial charge in [-0.05, 0) is 54.5 Å². The molecule has 1 aliphatic carbocycles. The SMILES string of the molecule is CCc1cc(C)cc(CC)c1Nc1cccc2c1C(=O)c1ccccc1C2. The fourth-order valence-corrected chi connectivity index (χ4v) is 4.15. The van der Waals surface area contributed by atoms with Gasteiger partial charge in [-0.15, -0.1) is 0 Å². The average molecular weight is 355 g/mol. The van der Waals surface area contributed by atoms with Crippen LogP contribution in [0.5, 0.6) is 0 Å². The molecule has 0 radical (unpaired) electrons. The minimum Gasteiger partial charge on any atom is -0.354 e. The molecule has 4 rings (SSSR count). The van der Waals surface area contributed by atoms with Crippen LogP contribution in [0.15, 0.2) is 54.6 Å². The number of anilines is 2. The average Bonchev–Trinajstić information content (AvgIpc) is 2.69. The van der Waals surface area contributed by atoms with E-state index in [1.165, 1.54) is 16.7 Å². The molecule has 0 aromatic heterocycles. The van der Waals surface area contributed by atoms with Crippen LogP contribution in [0.2, 0.25) is 0 Å². The summed E-state index contributed by atoms with van der Waals surface area (Å²) in [6, 6.07) is 18.6. The summed E-state index contributed by atoms with van der Waals surface area (Å²) in [7, 11) is 0. The molecule has 0 aliphatic heterocycles. The summed E-state index contributed by atoms with van der Waals surface area (Å²) in [6.07, 6.45) is 2.73. The molecule has 0 amide bonds. The van der Waals surface area contributed by atoms with Crippen molar-refractivity contribution in [3.8, 4) is 0 Å². The highest BCUT2D eigenvalue weighted by atomic mass is 16.1. The van der Waals surface area contributed by atoms with Crippen LogP contribution in [0.1, 0.15) is 57.6 Å². The molecule has 0 atom stereocenters. The number of hydrogen-bond donors (Lipinski definition) is 1. The third-order valence-electron chi connectivity index (χ3n) is 5.49. The van der Waals surface area contributed by atoms with Crippen molar-refractivity contribution in [1.82, 2.24) is 0 Å². The first-order valence-electron chi connectivity index (χ1n) is 9.76. The fraction of sp³-hybridized carbons (Fsp3) is 0.240. The molecule has 1 aliphatic rings. The normalized spacial score (nSPS) is 12.5. The van der Waals surface area contributed by atoms with E-state index in [0.717, 1.165) is 52.9 Å². The van der Waals surface area contributed by atoms with E-state index in [1.54, 1.807) is 0 Å². The van der Waals surface area contributed by atoms with Crippen molar-refractivity contribution in [3.63, 3.8) is 0 Å². The highest BCUT2D eigenvalue weighted by Gasteiger charge is 2.26. The third kappa shape index (κ3) is 3.06. The second-order valence-electron chi connectivity index (χ2n) is 7.29. The highest BCUT2D eigenvalue weighted by molar-refractivity contribution is 6.15. The van der Waals surface area contributed by atoms with Crippen LogP contribution in [-0.4, -0.2) is 5.78 Å². The Morgan fingerprint density at radius 2 is 1.56 bits per heavy atom. The summed E-state index contributed by atoms with van der Waals surface area (Å²) in [6.45, 7) is 6.51. The van der Waals surface area contributed by atoms with Gasteiger partial charge in [0.2, 0.25) is 0 Å². The Hall–Kier alpha value is -2.87. The van der Waals surface area contributed by atoms with E-state index in [0.29, 0.717) is 0 Å². The van der Waals surface area contributed by atoms with E-state index < -0.39 is 0 Å². The molecule has 3 aromatic carbocycles. The van der Waals surface area contributed by atoms with Crippen LogP contribution >= 0.6 is 0 Å². The number of fused-ring (bicyclic) bond motifs is 2. The van der Waals surface area contributed by atoms with E-state index in [1.807, 2.05) is 30.3 Å². The Kier molecular flexibility index (Phi) is 4.57. The molecule has 1 N–H and O–H groups in total. The maximum absolute atomic E-state index is 13.2. The Morgan fingerprint density at radius 1 is 0.889 bits per heavy atom. The number of carbonyl (C=O) groups excluding carboxylic acids is 1. The smallest absolute Gasteiger partial charge is 0.195 e. The second kappa shape index (κ2) is 7.03. The van der Waals surface area contributed by atoms with Gasteiger partial charge >= 0.3 is 0 Å². The van der Waals surface area contributed by atoms with Gasteiger partial charge in [0.05, 0.1) is 5.69 Å². The number of carbonyl (C=O) groups is 1. The van der Waals surface area contributed by atoms with Gasteiger partial charge in [-0.2, -0.15) is 0 Å². The van der Waals surface area contributed by atoms with E-state index in [4.69, 9.17) is 0 Å². The van der Waals surface area contributed by atoms with Gasteiger partial charge in [-0.3, -0.25) is 4.79 Å². The van der Waals surface area contributed by atoms with Gasteiger partial charge in [-0.25, -0.2) is 0 Å². The van der Waals surface area contributed by atoms with Crippen LogP contribution in [0.3, 0.4) is 0 Å². The molecule has 3 aromatic rings. The molecule has 2 heteroatoms. The maximum atomic E-state index is 13.2. The predicted molar refractivity (Wildman–Crippen MR) is 112 cm³/mol. The standard InChI is InChI=1S/C25H25NO/c1-4-17-13-16(3)14-18(5-2)24(17)26-22-12-8-10-20-15-19-9-6-7-11-21(19)25(27)23(20)22/h6-14,26H,4-5,15H2,1-3H3. The predicted octanol–water partition coefficient (Wildman–Crippen LogP) is 6.00. The van der Waals surface area contributed by atoms with E-state index in [9.17, 15) is 4.79 Å². The number of ketones is 1. The summed E-state index contributed by atoms with van der Waals surface area (Å²) < 4.78 is 0. The minimum absolute atomic E-state index is 0.123. The van der Waals surface area contributed by atoms with E-state index >= 15 is 0 Å². The fourth-order valence-electron chi connectivity index (χ4n) is 4.15. The molecule has 0 saturated heterocycles. The van der Waals surface area contributed by atoms with Gasteiger partial charge in [0, 0.05) is 16.8 Å². The molecule has 0 bridgehead atoms. The Balaban J connectivity index is 1.82. The van der Waals surface area contributed by atoms with Crippen molar-refractivity contribution in [1.29, 1.82) is 0 Å². The lowest BCUT2D eigenvalue weighted by molar-refractivity contribution is 0.103. The van der Waals surface area contributed by atoms with Crippen molar-refractivity contribution in [3.05, 3.63) is 93.5 Å². The van der Waals surface area contributed by atoms with Crippen LogP contribution in [0.25, 0.3) is 0 Å². The lowest BCUT2D eigenvalue weighted by Gasteiger charge is -2.23. The van der Waals surface area contributed by atoms with E-state index in [-0.39, 0.29) is 5.78 Å². The van der Waals surface area contributed by atoms with Crippen LogP contribution in [0.4, 0.5) is 11.4 Å². The first-order valence-corrected chi connectivity index (χ1v) is 9.76. The molecule has 0 unspecified atom stereocenters. The second-order valence-corrected chi connectivity index (χ2v) is 7.29. The number of aryl methyl sites for hydroxylation is 3. The molecule has 0 fully saturated rings. The van der Waals surface area contributed by atoms with Crippen LogP contribution in [-0.2, 0) is 19.3 Å². The zero-order chi connectivity index (χ0) is 19.0. The first kappa shape index (κ1) is 17.5. The lowest BCUT2D eigenvalue weighted by Crippen LogP contribution is -2.17. The largest absolute Gasteiger partial charge is 0.354 e. The quantitative estimate of drug-likeness (QED) is 0.486. The van der Waals surface area contributed by atoms with Crippen molar-refractivity contribution in [2.24, 2.45) is 0 Å². The highest BCUT2D eigenvalue weighted by Crippen LogP contribution is 2.35. The molecule has 0 saturated carbocycles. The van der Waals surface area contributed by atoms with Crippen molar-refractivity contribution in [2.75, 3.05) is 5.32 Å². The van der Waals surface area contributed by atoms with Gasteiger partial charge < -0.3 is 5.32 Å². The maximum Gasteiger partial charge on any atom is 0.195 e. The van der Waals surface area contributed by atoms with Gasteiger partial charge in [0.25, 0.3) is 0 Å². The monoisotopic (exact) mass is 355 g/mol. The number of hydrogen-bond acceptors (Lipinski definition) is 2. The van der Waals surface area contributed by atoms with Crippen LogP contribution in [0, 0.1) is 6.92 Å². The summed E-state index contributed by atoms with van der Waals surface area (Å²) in [5.74, 6) is 0.123. The van der Waals surface area contributed by atoms with Gasteiger partial charge in [0.15, 0.2) is 5.78 Å². The summed E-state index contributed by atoms with van der Waals surface area (Å²) >= 11 is 0. The summed E-state index contributed by atoms with van der Waals surface area (Å²) in [5, 5.41) is 3.64.